The third-order valence-electron chi connectivity index (χ3n) is 4.89. The summed E-state index contributed by atoms with van der Waals surface area (Å²) in [5.41, 5.74) is 6.07. The van der Waals surface area contributed by atoms with Crippen LogP contribution in [-0.4, -0.2) is 5.16 Å². The van der Waals surface area contributed by atoms with Crippen molar-refractivity contribution in [3.8, 4) is 0 Å². The number of allylic oxidation sites excluding steroid dienone is 1. The molecule has 0 radical (unpaired) electrons. The van der Waals surface area contributed by atoms with Gasteiger partial charge in [0.15, 0.2) is 5.76 Å². The predicted octanol–water partition coefficient (Wildman–Crippen LogP) is 5.58. The zero-order valence-electron chi connectivity index (χ0n) is 14.2. The maximum absolute atomic E-state index is 5.23. The van der Waals surface area contributed by atoms with E-state index in [9.17, 15) is 0 Å². The highest BCUT2D eigenvalue weighted by Crippen LogP contribution is 2.49. The first-order valence-corrected chi connectivity index (χ1v) is 8.10. The Morgan fingerprint density at radius 1 is 1.14 bits per heavy atom. The summed E-state index contributed by atoms with van der Waals surface area (Å²) in [5, 5.41) is 3.78. The number of hydrogen-bond acceptors (Lipinski definition) is 2. The van der Waals surface area contributed by atoms with Gasteiger partial charge in [0.25, 0.3) is 0 Å². The Bertz CT molecular complexity index is 705. The molecular formula is C20H25NO. The van der Waals surface area contributed by atoms with Crippen LogP contribution in [0.3, 0.4) is 0 Å². The van der Waals surface area contributed by atoms with Gasteiger partial charge in [0, 0.05) is 6.07 Å². The number of nitrogens with zero attached hydrogens (tertiary/aromatic N) is 1. The molecule has 0 atom stereocenters. The second-order valence-electron chi connectivity index (χ2n) is 7.64. The Kier molecular flexibility index (Phi) is 3.51. The molecular weight excluding hydrogens is 270 g/mol. The Morgan fingerprint density at radius 3 is 2.50 bits per heavy atom. The molecule has 2 nitrogen and oxygen atoms in total. The molecule has 1 aliphatic rings. The number of aromatic nitrogens is 1. The van der Waals surface area contributed by atoms with Gasteiger partial charge in [-0.25, -0.2) is 0 Å². The highest BCUT2D eigenvalue weighted by molar-refractivity contribution is 5.80. The number of hydrogen-bond donors (Lipinski definition) is 0. The van der Waals surface area contributed by atoms with Gasteiger partial charge in [0.05, 0.1) is 6.20 Å². The van der Waals surface area contributed by atoms with Gasteiger partial charge in [-0.05, 0) is 52.0 Å². The van der Waals surface area contributed by atoms with Crippen LogP contribution >= 0.6 is 0 Å². The molecule has 1 aromatic heterocycles. The molecule has 3 rings (SSSR count). The number of fused-ring (bicyclic) bond motifs is 1. The minimum absolute atomic E-state index is 0.236. The van der Waals surface area contributed by atoms with E-state index in [1.54, 1.807) is 6.20 Å². The van der Waals surface area contributed by atoms with E-state index >= 15 is 0 Å². The van der Waals surface area contributed by atoms with Crippen molar-refractivity contribution in [3.05, 3.63) is 52.9 Å². The normalized spacial score (nSPS) is 19.2. The van der Waals surface area contributed by atoms with E-state index in [2.05, 4.69) is 64.1 Å². The van der Waals surface area contributed by atoms with Crippen molar-refractivity contribution >= 4 is 11.6 Å². The molecule has 2 heteroatoms. The summed E-state index contributed by atoms with van der Waals surface area (Å²) in [6, 6.07) is 8.86. The quantitative estimate of drug-likeness (QED) is 0.738. The third-order valence-corrected chi connectivity index (χ3v) is 4.89. The lowest BCUT2D eigenvalue weighted by molar-refractivity contribution is 0.403. The Labute approximate surface area is 133 Å². The zero-order chi connectivity index (χ0) is 16.0. The van der Waals surface area contributed by atoms with Crippen LogP contribution in [0.2, 0.25) is 0 Å². The van der Waals surface area contributed by atoms with E-state index in [0.717, 1.165) is 12.2 Å². The van der Waals surface area contributed by atoms with Crippen LogP contribution in [-0.2, 0) is 10.8 Å². The molecule has 22 heavy (non-hydrogen) atoms. The maximum atomic E-state index is 5.23. The molecule has 0 N–H and O–H groups in total. The van der Waals surface area contributed by atoms with Gasteiger partial charge in [-0.15, -0.1) is 0 Å². The average molecular weight is 295 g/mol. The monoisotopic (exact) mass is 295 g/mol. The Hall–Kier alpha value is -1.83. The molecule has 1 aliphatic carbocycles. The van der Waals surface area contributed by atoms with Crippen LogP contribution in [0.1, 0.15) is 69.9 Å². The number of rotatable bonds is 3. The summed E-state index contributed by atoms with van der Waals surface area (Å²) in [6.07, 6.45) is 5.96. The Balaban J connectivity index is 2.07. The lowest BCUT2D eigenvalue weighted by Crippen LogP contribution is -2.17. The molecule has 0 unspecified atom stereocenters. The van der Waals surface area contributed by atoms with Crippen molar-refractivity contribution in [2.45, 2.75) is 58.3 Å². The van der Waals surface area contributed by atoms with E-state index in [1.807, 2.05) is 6.07 Å². The topological polar surface area (TPSA) is 26.0 Å². The molecule has 0 bridgehead atoms. The van der Waals surface area contributed by atoms with Gasteiger partial charge in [-0.1, -0.05) is 58.0 Å². The van der Waals surface area contributed by atoms with E-state index in [1.165, 1.54) is 28.7 Å². The fourth-order valence-corrected chi connectivity index (χ4v) is 4.05. The van der Waals surface area contributed by atoms with Gasteiger partial charge >= 0.3 is 0 Å². The standard InChI is InChI=1S/C20H25NO/c1-6-14(11-16-9-10-21-22-16)15-7-8-17-18(12-15)20(4,5)13-19(17,2)3/h7-12H,6,13H2,1-5H3/b14-11+. The Morgan fingerprint density at radius 2 is 1.86 bits per heavy atom. The molecule has 0 saturated carbocycles. The van der Waals surface area contributed by atoms with Crippen molar-refractivity contribution in [1.82, 2.24) is 5.16 Å². The first-order chi connectivity index (χ1) is 10.3. The van der Waals surface area contributed by atoms with Crippen LogP contribution in [0.25, 0.3) is 11.6 Å². The summed E-state index contributed by atoms with van der Waals surface area (Å²) in [6.45, 7) is 11.6. The van der Waals surface area contributed by atoms with E-state index in [-0.39, 0.29) is 10.8 Å². The van der Waals surface area contributed by atoms with Crippen LogP contribution in [0.5, 0.6) is 0 Å². The summed E-state index contributed by atoms with van der Waals surface area (Å²) in [5.74, 6) is 0.817. The summed E-state index contributed by atoms with van der Waals surface area (Å²) in [4.78, 5) is 0. The van der Waals surface area contributed by atoms with Crippen molar-refractivity contribution in [1.29, 1.82) is 0 Å². The van der Waals surface area contributed by atoms with Crippen molar-refractivity contribution in [2.75, 3.05) is 0 Å². The number of benzene rings is 1. The van der Waals surface area contributed by atoms with Gasteiger partial charge in [0.1, 0.15) is 0 Å². The minimum atomic E-state index is 0.236. The molecule has 0 spiro atoms. The van der Waals surface area contributed by atoms with E-state index < -0.39 is 0 Å². The SMILES string of the molecule is CC/C(=C\c1ccno1)c1ccc2c(c1)C(C)(C)CC2(C)C. The summed E-state index contributed by atoms with van der Waals surface area (Å²) < 4.78 is 5.23. The van der Waals surface area contributed by atoms with Gasteiger partial charge in [-0.2, -0.15) is 0 Å². The van der Waals surface area contributed by atoms with Gasteiger partial charge in [0.2, 0.25) is 0 Å². The fourth-order valence-electron chi connectivity index (χ4n) is 4.05. The molecule has 1 heterocycles. The molecule has 2 aromatic rings. The highest BCUT2D eigenvalue weighted by atomic mass is 16.5. The maximum Gasteiger partial charge on any atom is 0.159 e. The average Bonchev–Trinajstić information content (AvgIpc) is 3.01. The molecule has 0 amide bonds. The van der Waals surface area contributed by atoms with E-state index in [4.69, 9.17) is 4.52 Å². The first kappa shape index (κ1) is 15.1. The van der Waals surface area contributed by atoms with Crippen LogP contribution in [0.4, 0.5) is 0 Å². The lowest BCUT2D eigenvalue weighted by Gasteiger charge is -2.22. The lowest BCUT2D eigenvalue weighted by atomic mass is 9.82. The molecule has 116 valence electrons. The van der Waals surface area contributed by atoms with Crippen molar-refractivity contribution in [2.24, 2.45) is 0 Å². The first-order valence-electron chi connectivity index (χ1n) is 8.10. The van der Waals surface area contributed by atoms with Gasteiger partial charge in [-0.3, -0.25) is 0 Å². The second-order valence-corrected chi connectivity index (χ2v) is 7.64. The molecule has 1 aromatic carbocycles. The highest BCUT2D eigenvalue weighted by Gasteiger charge is 2.41. The minimum Gasteiger partial charge on any atom is -0.357 e. The van der Waals surface area contributed by atoms with Crippen molar-refractivity contribution < 1.29 is 4.52 Å². The molecule has 0 fully saturated rings. The van der Waals surface area contributed by atoms with E-state index in [0.29, 0.717) is 0 Å². The van der Waals surface area contributed by atoms with Crippen LogP contribution < -0.4 is 0 Å². The zero-order valence-corrected chi connectivity index (χ0v) is 14.2. The molecule has 0 aliphatic heterocycles. The van der Waals surface area contributed by atoms with Gasteiger partial charge < -0.3 is 4.52 Å². The predicted molar refractivity (Wildman–Crippen MR) is 91.8 cm³/mol. The van der Waals surface area contributed by atoms with Crippen LogP contribution in [0, 0.1) is 0 Å². The summed E-state index contributed by atoms with van der Waals surface area (Å²) >= 11 is 0. The smallest absolute Gasteiger partial charge is 0.159 e. The largest absolute Gasteiger partial charge is 0.357 e. The van der Waals surface area contributed by atoms with Crippen LogP contribution in [0.15, 0.2) is 35.0 Å². The molecule has 0 saturated heterocycles. The second kappa shape index (κ2) is 5.12. The fraction of sp³-hybridized carbons (Fsp3) is 0.450. The third kappa shape index (κ3) is 2.51. The van der Waals surface area contributed by atoms with Crippen molar-refractivity contribution in [3.63, 3.8) is 0 Å². The summed E-state index contributed by atoms with van der Waals surface area (Å²) in [7, 11) is 0.